The Bertz CT molecular complexity index is 440. The number of aliphatic hydroxyl groups is 1. The Balaban J connectivity index is 2.99. The quantitative estimate of drug-likeness (QED) is 0.601. The zero-order valence-electron chi connectivity index (χ0n) is 9.52. The summed E-state index contributed by atoms with van der Waals surface area (Å²) >= 11 is 0. The van der Waals surface area contributed by atoms with Gasteiger partial charge in [-0.1, -0.05) is 6.07 Å². The number of alkyl halides is 2. The van der Waals surface area contributed by atoms with E-state index in [2.05, 4.69) is 5.32 Å². The number of benzene rings is 1. The maximum absolute atomic E-state index is 12.8. The first-order valence-electron chi connectivity index (χ1n) is 4.95. The van der Waals surface area contributed by atoms with Crippen LogP contribution in [0.5, 0.6) is 5.75 Å². The van der Waals surface area contributed by atoms with Crippen LogP contribution in [0, 0.1) is 10.1 Å². The van der Waals surface area contributed by atoms with Gasteiger partial charge >= 0.3 is 5.69 Å². The van der Waals surface area contributed by atoms with Crippen molar-refractivity contribution in [2.45, 2.75) is 5.92 Å². The number of anilines is 1. The zero-order valence-corrected chi connectivity index (χ0v) is 9.52. The number of rotatable bonds is 6. The van der Waals surface area contributed by atoms with Crippen LogP contribution in [0.25, 0.3) is 0 Å². The molecule has 0 aliphatic heterocycles. The molecule has 0 bridgehead atoms. The first kappa shape index (κ1) is 14.1. The van der Waals surface area contributed by atoms with Crippen LogP contribution in [0.1, 0.15) is 0 Å². The number of hydrogen-bond acceptors (Lipinski definition) is 5. The molecular weight excluding hydrogens is 250 g/mol. The van der Waals surface area contributed by atoms with Gasteiger partial charge in [0.05, 0.1) is 18.6 Å². The Morgan fingerprint density at radius 1 is 1.56 bits per heavy atom. The summed E-state index contributed by atoms with van der Waals surface area (Å²) in [5, 5.41) is 21.5. The molecule has 1 rings (SSSR count). The van der Waals surface area contributed by atoms with E-state index in [1.54, 1.807) is 0 Å². The highest BCUT2D eigenvalue weighted by Gasteiger charge is 2.29. The SMILES string of the molecule is COc1cccc(NCC(F)(F)CO)c1[N+](=O)[O-]. The van der Waals surface area contributed by atoms with E-state index in [-0.39, 0.29) is 11.4 Å². The molecule has 0 radical (unpaired) electrons. The van der Waals surface area contributed by atoms with Crippen molar-refractivity contribution in [1.29, 1.82) is 0 Å². The number of nitro benzene ring substituents is 1. The third kappa shape index (κ3) is 3.27. The molecule has 0 spiro atoms. The van der Waals surface area contributed by atoms with Gasteiger partial charge in [-0.25, -0.2) is 8.78 Å². The predicted octanol–water partition coefficient (Wildman–Crippen LogP) is 1.64. The number of halogens is 2. The van der Waals surface area contributed by atoms with Crippen molar-refractivity contribution in [3.63, 3.8) is 0 Å². The van der Waals surface area contributed by atoms with Crippen LogP contribution >= 0.6 is 0 Å². The van der Waals surface area contributed by atoms with Gasteiger partial charge in [-0.2, -0.15) is 0 Å². The van der Waals surface area contributed by atoms with E-state index in [9.17, 15) is 18.9 Å². The predicted molar refractivity (Wildman–Crippen MR) is 60.2 cm³/mol. The van der Waals surface area contributed by atoms with E-state index in [4.69, 9.17) is 9.84 Å². The van der Waals surface area contributed by atoms with Crippen LogP contribution in [0.15, 0.2) is 18.2 Å². The summed E-state index contributed by atoms with van der Waals surface area (Å²) in [7, 11) is 1.24. The maximum Gasteiger partial charge on any atom is 0.333 e. The van der Waals surface area contributed by atoms with Crippen molar-refractivity contribution in [3.8, 4) is 5.75 Å². The van der Waals surface area contributed by atoms with Gasteiger partial charge in [0.1, 0.15) is 12.3 Å². The largest absolute Gasteiger partial charge is 0.490 e. The van der Waals surface area contributed by atoms with Crippen molar-refractivity contribution in [2.75, 3.05) is 25.6 Å². The highest BCUT2D eigenvalue weighted by Crippen LogP contribution is 2.34. The first-order valence-corrected chi connectivity index (χ1v) is 4.95. The van der Waals surface area contributed by atoms with Crippen LogP contribution < -0.4 is 10.1 Å². The molecular formula is C10H12F2N2O4. The molecule has 0 heterocycles. The molecule has 0 saturated carbocycles. The summed E-state index contributed by atoms with van der Waals surface area (Å²) in [4.78, 5) is 10.1. The molecule has 0 saturated heterocycles. The number of nitrogens with zero attached hydrogens (tertiary/aromatic N) is 1. The molecule has 0 atom stereocenters. The van der Waals surface area contributed by atoms with Crippen LogP contribution in [0.4, 0.5) is 20.2 Å². The molecule has 0 aliphatic carbocycles. The molecule has 1 aromatic rings. The fourth-order valence-corrected chi connectivity index (χ4v) is 1.30. The van der Waals surface area contributed by atoms with Crippen molar-refractivity contribution in [3.05, 3.63) is 28.3 Å². The molecule has 18 heavy (non-hydrogen) atoms. The lowest BCUT2D eigenvalue weighted by Crippen LogP contribution is -2.31. The summed E-state index contributed by atoms with van der Waals surface area (Å²) in [6.45, 7) is -2.24. The minimum absolute atomic E-state index is 0.0303. The Morgan fingerprint density at radius 2 is 2.22 bits per heavy atom. The number of methoxy groups -OCH3 is 1. The van der Waals surface area contributed by atoms with Gasteiger partial charge < -0.3 is 15.2 Å². The number of aliphatic hydroxyl groups excluding tert-OH is 1. The normalized spacial score (nSPS) is 11.1. The number of nitro groups is 1. The van der Waals surface area contributed by atoms with Gasteiger partial charge in [0.25, 0.3) is 5.92 Å². The van der Waals surface area contributed by atoms with E-state index in [0.29, 0.717) is 0 Å². The van der Waals surface area contributed by atoms with Crippen LogP contribution in [0.3, 0.4) is 0 Å². The van der Waals surface area contributed by atoms with Gasteiger partial charge in [-0.05, 0) is 12.1 Å². The van der Waals surface area contributed by atoms with Gasteiger partial charge in [0.15, 0.2) is 5.75 Å². The maximum atomic E-state index is 12.8. The molecule has 0 aromatic heterocycles. The van der Waals surface area contributed by atoms with Gasteiger partial charge in [0.2, 0.25) is 0 Å². The fourth-order valence-electron chi connectivity index (χ4n) is 1.30. The van der Waals surface area contributed by atoms with Crippen molar-refractivity contribution >= 4 is 11.4 Å². The van der Waals surface area contributed by atoms with Gasteiger partial charge in [-0.3, -0.25) is 10.1 Å². The molecule has 8 heteroatoms. The monoisotopic (exact) mass is 262 g/mol. The molecule has 2 N–H and O–H groups in total. The van der Waals surface area contributed by atoms with Crippen molar-refractivity contribution in [2.24, 2.45) is 0 Å². The lowest BCUT2D eigenvalue weighted by molar-refractivity contribution is -0.384. The van der Waals surface area contributed by atoms with Crippen LogP contribution in [0.2, 0.25) is 0 Å². The van der Waals surface area contributed by atoms with Crippen LogP contribution in [-0.2, 0) is 0 Å². The van der Waals surface area contributed by atoms with Gasteiger partial charge in [0, 0.05) is 0 Å². The lowest BCUT2D eigenvalue weighted by atomic mass is 10.2. The van der Waals surface area contributed by atoms with E-state index in [1.165, 1.54) is 25.3 Å². The molecule has 6 nitrogen and oxygen atoms in total. The Morgan fingerprint density at radius 3 is 2.72 bits per heavy atom. The minimum atomic E-state index is -3.35. The highest BCUT2D eigenvalue weighted by molar-refractivity contribution is 5.68. The average Bonchev–Trinajstić information content (AvgIpc) is 2.35. The number of nitrogens with one attached hydrogen (secondary N) is 1. The summed E-state index contributed by atoms with van der Waals surface area (Å²) in [5.74, 6) is -3.38. The summed E-state index contributed by atoms with van der Waals surface area (Å²) < 4.78 is 30.5. The lowest BCUT2D eigenvalue weighted by Gasteiger charge is -2.15. The average molecular weight is 262 g/mol. The first-order chi connectivity index (χ1) is 8.41. The summed E-state index contributed by atoms with van der Waals surface area (Å²) in [6, 6.07) is 4.08. The topological polar surface area (TPSA) is 84.6 Å². The van der Waals surface area contributed by atoms with Crippen molar-refractivity contribution in [1.82, 2.24) is 0 Å². The Labute approximate surface area is 101 Å². The second-order valence-electron chi connectivity index (χ2n) is 3.48. The van der Waals surface area contributed by atoms with E-state index >= 15 is 0 Å². The standard InChI is InChI=1S/C10H12F2N2O4/c1-18-8-4-2-3-7(9(8)14(16)17)13-5-10(11,12)6-15/h2-4,13,15H,5-6H2,1H3. The Hall–Kier alpha value is -1.96. The molecule has 100 valence electrons. The second-order valence-corrected chi connectivity index (χ2v) is 3.48. The third-order valence-corrected chi connectivity index (χ3v) is 2.17. The number of para-hydroxylation sites is 1. The molecule has 0 aliphatic rings. The molecule has 0 fully saturated rings. The minimum Gasteiger partial charge on any atom is -0.490 e. The smallest absolute Gasteiger partial charge is 0.333 e. The van der Waals surface area contributed by atoms with E-state index < -0.39 is 29.7 Å². The third-order valence-electron chi connectivity index (χ3n) is 2.17. The highest BCUT2D eigenvalue weighted by atomic mass is 19.3. The number of hydrogen-bond donors (Lipinski definition) is 2. The summed E-state index contributed by atoms with van der Waals surface area (Å²) in [5.41, 5.74) is -0.513. The fraction of sp³-hybridized carbons (Fsp3) is 0.400. The van der Waals surface area contributed by atoms with Crippen molar-refractivity contribution < 1.29 is 23.5 Å². The molecule has 0 amide bonds. The zero-order chi connectivity index (χ0) is 13.8. The summed E-state index contributed by atoms with van der Waals surface area (Å²) in [6.07, 6.45) is 0. The van der Waals surface area contributed by atoms with E-state index in [1.807, 2.05) is 0 Å². The van der Waals surface area contributed by atoms with Crippen LogP contribution in [-0.4, -0.2) is 36.2 Å². The second kappa shape index (κ2) is 5.58. The molecule has 0 unspecified atom stereocenters. The Kier molecular flexibility index (Phi) is 4.38. The van der Waals surface area contributed by atoms with Gasteiger partial charge in [-0.15, -0.1) is 0 Å². The van der Waals surface area contributed by atoms with E-state index in [0.717, 1.165) is 0 Å². The number of ether oxygens (including phenoxy) is 1. The molecule has 1 aromatic carbocycles.